The van der Waals surface area contributed by atoms with Crippen molar-refractivity contribution in [1.29, 1.82) is 0 Å². The molecule has 0 aliphatic heterocycles. The highest BCUT2D eigenvalue weighted by atomic mass is 32.1. The first-order valence-corrected chi connectivity index (χ1v) is 10.2. The number of anilines is 1. The number of hydrogen-bond acceptors (Lipinski definition) is 2. The topological polar surface area (TPSA) is 37.7 Å². The zero-order valence-corrected chi connectivity index (χ0v) is 17.1. The Morgan fingerprint density at radius 1 is 0.963 bits per heavy atom. The monoisotopic (exact) mass is 384 g/mol. The lowest BCUT2D eigenvalue weighted by molar-refractivity contribution is -0.916. The van der Waals surface area contributed by atoms with Gasteiger partial charge in [0.2, 0.25) is 0 Å². The number of thiocarbonyl (C=S) groups is 1. The van der Waals surface area contributed by atoms with Gasteiger partial charge in [0.15, 0.2) is 5.11 Å². The first kappa shape index (κ1) is 19.6. The Labute approximate surface area is 167 Å². The molecule has 0 heterocycles. The van der Waals surface area contributed by atoms with Crippen molar-refractivity contribution in [3.8, 4) is 11.5 Å². The smallest absolute Gasteiger partial charge is 0.171 e. The summed E-state index contributed by atoms with van der Waals surface area (Å²) in [5, 5.41) is 7.41. The summed E-state index contributed by atoms with van der Waals surface area (Å²) in [5.41, 5.74) is 1.25. The Balaban J connectivity index is 1.51. The minimum absolute atomic E-state index is 0.289. The predicted molar refractivity (Wildman–Crippen MR) is 116 cm³/mol. The SMILES string of the molecule is C[NH+](C)C1(CNC(=S)Nc2ccc(Oc3ccccc3)cc2)CCCCC1. The van der Waals surface area contributed by atoms with E-state index in [-0.39, 0.29) is 5.54 Å². The fourth-order valence-corrected chi connectivity index (χ4v) is 3.93. The van der Waals surface area contributed by atoms with E-state index in [0.717, 1.165) is 23.7 Å². The summed E-state index contributed by atoms with van der Waals surface area (Å²) in [6, 6.07) is 17.7. The van der Waals surface area contributed by atoms with Crippen molar-refractivity contribution >= 4 is 23.0 Å². The minimum Gasteiger partial charge on any atom is -0.457 e. The van der Waals surface area contributed by atoms with Crippen molar-refractivity contribution in [3.05, 3.63) is 54.6 Å². The van der Waals surface area contributed by atoms with E-state index < -0.39 is 0 Å². The Bertz CT molecular complexity index is 725. The molecule has 3 rings (SSSR count). The van der Waals surface area contributed by atoms with E-state index in [1.165, 1.54) is 37.0 Å². The number of likely N-dealkylation sites (N-methyl/N-ethyl adjacent to an activating group) is 1. The van der Waals surface area contributed by atoms with Crippen molar-refractivity contribution in [2.24, 2.45) is 0 Å². The molecule has 3 N–H and O–H groups in total. The molecule has 1 saturated carbocycles. The van der Waals surface area contributed by atoms with Gasteiger partial charge >= 0.3 is 0 Å². The standard InChI is InChI=1S/C22H29N3OS/c1-25(2)22(15-7-4-8-16-22)17-23-21(27)24-18-11-13-20(14-12-18)26-19-9-5-3-6-10-19/h3,5-6,9-14H,4,7-8,15-17H2,1-2H3,(H2,23,24,27)/p+1. The molecule has 2 aromatic rings. The van der Waals surface area contributed by atoms with Gasteiger partial charge in [-0.1, -0.05) is 24.6 Å². The Morgan fingerprint density at radius 2 is 1.59 bits per heavy atom. The van der Waals surface area contributed by atoms with Gasteiger partial charge in [-0.3, -0.25) is 0 Å². The number of ether oxygens (including phenoxy) is 1. The van der Waals surface area contributed by atoms with E-state index >= 15 is 0 Å². The molecule has 1 fully saturated rings. The first-order chi connectivity index (χ1) is 13.1. The molecule has 0 atom stereocenters. The van der Waals surface area contributed by atoms with Crippen molar-refractivity contribution in [3.63, 3.8) is 0 Å². The summed E-state index contributed by atoms with van der Waals surface area (Å²) in [6.45, 7) is 0.913. The van der Waals surface area contributed by atoms with E-state index in [1.54, 1.807) is 0 Å². The van der Waals surface area contributed by atoms with Crippen molar-refractivity contribution in [1.82, 2.24) is 5.32 Å². The van der Waals surface area contributed by atoms with Crippen LogP contribution in [0.2, 0.25) is 0 Å². The normalized spacial score (nSPS) is 16.0. The Morgan fingerprint density at radius 3 is 2.22 bits per heavy atom. The molecule has 0 amide bonds. The van der Waals surface area contributed by atoms with Crippen LogP contribution in [-0.4, -0.2) is 31.3 Å². The quantitative estimate of drug-likeness (QED) is 0.665. The van der Waals surface area contributed by atoms with Gasteiger partial charge in [0.05, 0.1) is 20.6 Å². The minimum atomic E-state index is 0.289. The Kier molecular flexibility index (Phi) is 6.69. The molecule has 0 aromatic heterocycles. The molecular weight excluding hydrogens is 354 g/mol. The molecule has 0 saturated heterocycles. The largest absolute Gasteiger partial charge is 0.457 e. The molecule has 144 valence electrons. The van der Waals surface area contributed by atoms with Crippen LogP contribution in [0, 0.1) is 0 Å². The highest BCUT2D eigenvalue weighted by molar-refractivity contribution is 7.80. The summed E-state index contributed by atoms with van der Waals surface area (Å²) < 4.78 is 5.83. The van der Waals surface area contributed by atoms with Crippen LogP contribution in [-0.2, 0) is 0 Å². The summed E-state index contributed by atoms with van der Waals surface area (Å²) in [4.78, 5) is 1.51. The molecule has 1 aliphatic carbocycles. The maximum absolute atomic E-state index is 5.83. The zero-order valence-electron chi connectivity index (χ0n) is 16.3. The molecule has 4 nitrogen and oxygen atoms in total. The summed E-state index contributed by atoms with van der Waals surface area (Å²) >= 11 is 5.52. The molecule has 2 aromatic carbocycles. The number of para-hydroxylation sites is 1. The maximum atomic E-state index is 5.83. The van der Waals surface area contributed by atoms with Crippen LogP contribution in [0.1, 0.15) is 32.1 Å². The van der Waals surface area contributed by atoms with Gasteiger partial charge in [0.1, 0.15) is 17.0 Å². The molecule has 0 bridgehead atoms. The second kappa shape index (κ2) is 9.20. The third-order valence-corrected chi connectivity index (χ3v) is 5.80. The van der Waals surface area contributed by atoms with Crippen LogP contribution in [0.4, 0.5) is 5.69 Å². The van der Waals surface area contributed by atoms with Crippen LogP contribution < -0.4 is 20.3 Å². The summed E-state index contributed by atoms with van der Waals surface area (Å²) in [7, 11) is 4.52. The van der Waals surface area contributed by atoms with Gasteiger partial charge < -0.3 is 20.3 Å². The van der Waals surface area contributed by atoms with E-state index in [9.17, 15) is 0 Å². The highest BCUT2D eigenvalue weighted by Crippen LogP contribution is 2.25. The van der Waals surface area contributed by atoms with E-state index in [4.69, 9.17) is 17.0 Å². The van der Waals surface area contributed by atoms with E-state index in [2.05, 4.69) is 24.7 Å². The van der Waals surface area contributed by atoms with Crippen LogP contribution in [0.25, 0.3) is 0 Å². The predicted octanol–water partition coefficient (Wildman–Crippen LogP) is 3.61. The van der Waals surface area contributed by atoms with Crippen LogP contribution in [0.3, 0.4) is 0 Å². The van der Waals surface area contributed by atoms with Gasteiger partial charge in [-0.15, -0.1) is 0 Å². The number of rotatable bonds is 6. The molecule has 1 aliphatic rings. The van der Waals surface area contributed by atoms with Crippen molar-refractivity contribution in [2.45, 2.75) is 37.6 Å². The van der Waals surface area contributed by atoms with Gasteiger partial charge in [0, 0.05) is 18.5 Å². The number of quaternary nitrogens is 1. The molecule has 27 heavy (non-hydrogen) atoms. The third kappa shape index (κ3) is 5.44. The van der Waals surface area contributed by atoms with E-state index in [0.29, 0.717) is 5.11 Å². The van der Waals surface area contributed by atoms with Crippen LogP contribution in [0.15, 0.2) is 54.6 Å². The second-order valence-corrected chi connectivity index (χ2v) is 8.00. The summed E-state index contributed by atoms with van der Waals surface area (Å²) in [6.07, 6.45) is 6.51. The first-order valence-electron chi connectivity index (χ1n) is 9.76. The molecule has 0 radical (unpaired) electrons. The van der Waals surface area contributed by atoms with Gasteiger partial charge in [-0.25, -0.2) is 0 Å². The van der Waals surface area contributed by atoms with Crippen molar-refractivity contribution < 1.29 is 9.64 Å². The lowest BCUT2D eigenvalue weighted by atomic mass is 9.80. The number of benzene rings is 2. The third-order valence-electron chi connectivity index (χ3n) is 5.55. The van der Waals surface area contributed by atoms with Gasteiger partial charge in [-0.05, 0) is 61.5 Å². The fourth-order valence-electron chi connectivity index (χ4n) is 3.74. The second-order valence-electron chi connectivity index (χ2n) is 7.59. The Hall–Kier alpha value is -2.11. The van der Waals surface area contributed by atoms with Crippen LogP contribution in [0.5, 0.6) is 11.5 Å². The van der Waals surface area contributed by atoms with Crippen molar-refractivity contribution in [2.75, 3.05) is 26.0 Å². The lowest BCUT2D eigenvalue weighted by Gasteiger charge is -2.40. The highest BCUT2D eigenvalue weighted by Gasteiger charge is 2.37. The number of nitrogens with one attached hydrogen (secondary N) is 3. The molecular formula is C22H30N3OS+. The average molecular weight is 385 g/mol. The molecule has 0 spiro atoms. The summed E-state index contributed by atoms with van der Waals surface area (Å²) in [5.74, 6) is 1.64. The number of hydrogen-bond donors (Lipinski definition) is 3. The van der Waals surface area contributed by atoms with Gasteiger partial charge in [0.25, 0.3) is 0 Å². The zero-order chi connectivity index (χ0) is 19.1. The van der Waals surface area contributed by atoms with E-state index in [1.807, 2.05) is 54.6 Å². The van der Waals surface area contributed by atoms with Crippen LogP contribution >= 0.6 is 12.2 Å². The van der Waals surface area contributed by atoms with Gasteiger partial charge in [-0.2, -0.15) is 0 Å². The average Bonchev–Trinajstić information content (AvgIpc) is 2.69. The fraction of sp³-hybridized carbons (Fsp3) is 0.409. The molecule has 0 unspecified atom stereocenters. The lowest BCUT2D eigenvalue weighted by Crippen LogP contribution is -3.16. The maximum Gasteiger partial charge on any atom is 0.171 e. The molecule has 5 heteroatoms.